The first-order chi connectivity index (χ1) is 8.99. The molecule has 0 aromatic heterocycles. The van der Waals surface area contributed by atoms with Crippen LogP contribution in [0, 0.1) is 11.8 Å². The first-order valence-corrected chi connectivity index (χ1v) is 7.77. The highest BCUT2D eigenvalue weighted by atomic mass is 14.9. The van der Waals surface area contributed by atoms with Crippen LogP contribution in [0.25, 0.3) is 0 Å². The Hall–Kier alpha value is -0.820. The minimum Gasteiger partial charge on any atom is -0.313 e. The highest BCUT2D eigenvalue weighted by Gasteiger charge is 2.33. The van der Waals surface area contributed by atoms with Crippen molar-refractivity contribution >= 4 is 0 Å². The van der Waals surface area contributed by atoms with E-state index < -0.39 is 0 Å². The van der Waals surface area contributed by atoms with Gasteiger partial charge in [-0.25, -0.2) is 0 Å². The van der Waals surface area contributed by atoms with Gasteiger partial charge < -0.3 is 5.32 Å². The van der Waals surface area contributed by atoms with Gasteiger partial charge in [-0.3, -0.25) is 0 Å². The van der Waals surface area contributed by atoms with E-state index in [0.717, 1.165) is 11.8 Å². The molecule has 0 spiro atoms. The lowest BCUT2D eigenvalue weighted by atomic mass is 9.81. The van der Waals surface area contributed by atoms with Crippen molar-refractivity contribution in [1.82, 2.24) is 5.32 Å². The molecule has 19 heavy (non-hydrogen) atoms. The molecule has 1 nitrogen and oxygen atoms in total. The van der Waals surface area contributed by atoms with E-state index in [9.17, 15) is 0 Å². The van der Waals surface area contributed by atoms with Crippen LogP contribution >= 0.6 is 0 Å². The summed E-state index contributed by atoms with van der Waals surface area (Å²) in [6.45, 7) is 9.30. The molecular weight excluding hydrogens is 230 g/mol. The van der Waals surface area contributed by atoms with E-state index in [4.69, 9.17) is 0 Å². The smallest absolute Gasteiger partial charge is 0.0346 e. The monoisotopic (exact) mass is 259 g/mol. The predicted molar refractivity (Wildman–Crippen MR) is 83.4 cm³/mol. The van der Waals surface area contributed by atoms with Crippen molar-refractivity contribution in [3.63, 3.8) is 0 Å². The van der Waals surface area contributed by atoms with Crippen LogP contribution in [0.5, 0.6) is 0 Å². The van der Waals surface area contributed by atoms with Crippen molar-refractivity contribution in [2.45, 2.75) is 58.4 Å². The summed E-state index contributed by atoms with van der Waals surface area (Å²) in [5, 5.41) is 3.51. The van der Waals surface area contributed by atoms with Gasteiger partial charge in [0.15, 0.2) is 0 Å². The van der Waals surface area contributed by atoms with Crippen LogP contribution in [-0.2, 0) is 5.41 Å². The van der Waals surface area contributed by atoms with Gasteiger partial charge in [-0.2, -0.15) is 0 Å². The minimum absolute atomic E-state index is 0.287. The fraction of sp³-hybridized carbons (Fsp3) is 0.667. The quantitative estimate of drug-likeness (QED) is 0.782. The van der Waals surface area contributed by atoms with E-state index in [2.05, 4.69) is 64.3 Å². The van der Waals surface area contributed by atoms with E-state index in [1.165, 1.54) is 30.4 Å². The van der Waals surface area contributed by atoms with E-state index in [1.807, 2.05) is 0 Å². The van der Waals surface area contributed by atoms with Crippen molar-refractivity contribution in [2.75, 3.05) is 7.05 Å². The predicted octanol–water partition coefficient (Wildman–Crippen LogP) is 4.68. The van der Waals surface area contributed by atoms with Crippen molar-refractivity contribution in [3.05, 3.63) is 35.4 Å². The molecule has 0 amide bonds. The van der Waals surface area contributed by atoms with Gasteiger partial charge in [0.05, 0.1) is 0 Å². The molecule has 0 saturated heterocycles. The van der Waals surface area contributed by atoms with Gasteiger partial charge in [0.25, 0.3) is 0 Å². The van der Waals surface area contributed by atoms with E-state index in [-0.39, 0.29) is 5.41 Å². The first-order valence-electron chi connectivity index (χ1n) is 7.77. The van der Waals surface area contributed by atoms with Crippen LogP contribution in [-0.4, -0.2) is 7.05 Å². The zero-order valence-electron chi connectivity index (χ0n) is 13.2. The van der Waals surface area contributed by atoms with Gasteiger partial charge in [-0.1, -0.05) is 52.0 Å². The van der Waals surface area contributed by atoms with Gasteiger partial charge in [0, 0.05) is 6.04 Å². The molecule has 0 radical (unpaired) electrons. The van der Waals surface area contributed by atoms with Crippen molar-refractivity contribution in [2.24, 2.45) is 11.8 Å². The second-order valence-corrected chi connectivity index (χ2v) is 6.82. The molecule has 1 aromatic rings. The number of hydrogen-bond donors (Lipinski definition) is 1. The molecule has 1 fully saturated rings. The molecule has 1 aliphatic carbocycles. The lowest BCUT2D eigenvalue weighted by molar-refractivity contribution is 0.369. The molecule has 2 unspecified atom stereocenters. The van der Waals surface area contributed by atoms with Gasteiger partial charge >= 0.3 is 0 Å². The Balaban J connectivity index is 2.16. The topological polar surface area (TPSA) is 12.0 Å². The maximum Gasteiger partial charge on any atom is 0.0346 e. The summed E-state index contributed by atoms with van der Waals surface area (Å²) in [4.78, 5) is 0. The SMILES string of the molecule is CCC(C)(C)c1ccc(C(NC)C(C)C2CC2)cc1. The molecule has 2 rings (SSSR count). The molecule has 1 aromatic carbocycles. The summed E-state index contributed by atoms with van der Waals surface area (Å²) >= 11 is 0. The molecule has 0 aliphatic heterocycles. The zero-order chi connectivity index (χ0) is 14.0. The number of hydrogen-bond acceptors (Lipinski definition) is 1. The van der Waals surface area contributed by atoms with E-state index in [0.29, 0.717) is 6.04 Å². The maximum atomic E-state index is 3.51. The van der Waals surface area contributed by atoms with Crippen molar-refractivity contribution in [3.8, 4) is 0 Å². The Morgan fingerprint density at radius 1 is 1.21 bits per heavy atom. The molecule has 0 heterocycles. The second kappa shape index (κ2) is 5.66. The third-order valence-electron chi connectivity index (χ3n) is 5.14. The van der Waals surface area contributed by atoms with Gasteiger partial charge in [-0.15, -0.1) is 0 Å². The fourth-order valence-corrected chi connectivity index (χ4v) is 2.97. The van der Waals surface area contributed by atoms with Crippen LogP contribution in [0.3, 0.4) is 0 Å². The minimum atomic E-state index is 0.287. The summed E-state index contributed by atoms with van der Waals surface area (Å²) in [5.74, 6) is 1.68. The molecule has 2 atom stereocenters. The Labute approximate surface area is 118 Å². The normalized spacial score (nSPS) is 19.2. The molecule has 106 valence electrons. The van der Waals surface area contributed by atoms with Gasteiger partial charge in [-0.05, 0) is 54.7 Å². The summed E-state index contributed by atoms with van der Waals surface area (Å²) in [6.07, 6.45) is 4.01. The van der Waals surface area contributed by atoms with Crippen LogP contribution < -0.4 is 5.32 Å². The molecule has 1 N–H and O–H groups in total. The maximum absolute atomic E-state index is 3.51. The Kier molecular flexibility index (Phi) is 4.35. The van der Waals surface area contributed by atoms with Gasteiger partial charge in [0.2, 0.25) is 0 Å². The largest absolute Gasteiger partial charge is 0.313 e. The Bertz CT molecular complexity index is 400. The molecule has 1 saturated carbocycles. The lowest BCUT2D eigenvalue weighted by Gasteiger charge is -2.27. The van der Waals surface area contributed by atoms with Crippen molar-refractivity contribution in [1.29, 1.82) is 0 Å². The number of benzene rings is 1. The molecule has 0 bridgehead atoms. The zero-order valence-corrected chi connectivity index (χ0v) is 13.2. The van der Waals surface area contributed by atoms with Gasteiger partial charge in [0.1, 0.15) is 0 Å². The average Bonchev–Trinajstić information content (AvgIpc) is 3.24. The standard InChI is InChI=1S/C18H29N/c1-6-18(3,4)16-11-9-15(10-12-16)17(19-5)13(2)14-7-8-14/h9-14,17,19H,6-8H2,1-5H3. The number of nitrogens with one attached hydrogen (secondary N) is 1. The third-order valence-corrected chi connectivity index (χ3v) is 5.14. The highest BCUT2D eigenvalue weighted by molar-refractivity contribution is 5.30. The molecular formula is C18H29N. The van der Waals surface area contributed by atoms with Crippen LogP contribution in [0.2, 0.25) is 0 Å². The fourth-order valence-electron chi connectivity index (χ4n) is 2.97. The summed E-state index contributed by atoms with van der Waals surface area (Å²) in [6, 6.07) is 9.80. The average molecular weight is 259 g/mol. The van der Waals surface area contributed by atoms with Crippen LogP contribution in [0.1, 0.15) is 64.1 Å². The second-order valence-electron chi connectivity index (χ2n) is 6.82. The summed E-state index contributed by atoms with van der Waals surface area (Å²) < 4.78 is 0. The summed E-state index contributed by atoms with van der Waals surface area (Å²) in [7, 11) is 2.09. The lowest BCUT2D eigenvalue weighted by Crippen LogP contribution is -2.25. The first kappa shape index (κ1) is 14.6. The molecule has 1 heteroatoms. The highest BCUT2D eigenvalue weighted by Crippen LogP contribution is 2.42. The Morgan fingerprint density at radius 3 is 2.21 bits per heavy atom. The van der Waals surface area contributed by atoms with Crippen LogP contribution in [0.4, 0.5) is 0 Å². The Morgan fingerprint density at radius 2 is 1.79 bits per heavy atom. The molecule has 1 aliphatic rings. The van der Waals surface area contributed by atoms with Crippen molar-refractivity contribution < 1.29 is 0 Å². The summed E-state index contributed by atoms with van der Waals surface area (Å²) in [5.41, 5.74) is 3.18. The van der Waals surface area contributed by atoms with Crippen LogP contribution in [0.15, 0.2) is 24.3 Å². The third kappa shape index (κ3) is 3.20. The number of rotatable bonds is 6. The van der Waals surface area contributed by atoms with E-state index in [1.54, 1.807) is 0 Å². The van der Waals surface area contributed by atoms with E-state index >= 15 is 0 Å².